The van der Waals surface area contributed by atoms with E-state index in [0.29, 0.717) is 5.92 Å². The average molecular weight is 351 g/mol. The predicted octanol–water partition coefficient (Wildman–Crippen LogP) is 6.00. The maximum atomic E-state index is 11.6. The van der Waals surface area contributed by atoms with Crippen molar-refractivity contribution in [2.45, 2.75) is 63.7 Å². The van der Waals surface area contributed by atoms with Crippen LogP contribution in [0, 0.1) is 6.92 Å². The van der Waals surface area contributed by atoms with Crippen LogP contribution in [0.4, 0.5) is 0 Å². The number of hydrogen-bond acceptors (Lipinski definition) is 1. The van der Waals surface area contributed by atoms with Crippen molar-refractivity contribution in [3.05, 3.63) is 59.8 Å². The first-order valence-electron chi connectivity index (χ1n) is 9.61. The van der Waals surface area contributed by atoms with E-state index in [0.717, 1.165) is 32.1 Å². The topological polar surface area (TPSA) is 53.1 Å². The van der Waals surface area contributed by atoms with Crippen LogP contribution >= 0.6 is 0 Å². The van der Waals surface area contributed by atoms with E-state index >= 15 is 0 Å². The molecule has 3 heteroatoms. The van der Waals surface area contributed by atoms with Crippen molar-refractivity contribution in [3.8, 4) is 0 Å². The van der Waals surface area contributed by atoms with E-state index in [4.69, 9.17) is 0 Å². The van der Waals surface area contributed by atoms with E-state index in [-0.39, 0.29) is 11.8 Å². The maximum Gasteiger partial charge on any atom is 0.304 e. The van der Waals surface area contributed by atoms with Crippen molar-refractivity contribution < 1.29 is 9.90 Å². The highest BCUT2D eigenvalue weighted by Crippen LogP contribution is 2.50. The van der Waals surface area contributed by atoms with Gasteiger partial charge in [-0.1, -0.05) is 43.4 Å². The number of rotatable bonds is 7. The fourth-order valence-electron chi connectivity index (χ4n) is 4.58. The number of H-pyrrole nitrogens is 1. The van der Waals surface area contributed by atoms with Crippen LogP contribution in [0.1, 0.15) is 68.2 Å². The Morgan fingerprint density at radius 1 is 1.42 bits per heavy atom. The molecular weight excluding hydrogens is 322 g/mol. The number of fused-ring (bicyclic) bond motifs is 3. The molecule has 0 saturated heterocycles. The Hall–Kier alpha value is -2.29. The smallest absolute Gasteiger partial charge is 0.304 e. The van der Waals surface area contributed by atoms with Crippen molar-refractivity contribution in [1.82, 2.24) is 4.98 Å². The number of carbonyl (C=O) groups is 1. The third-order valence-corrected chi connectivity index (χ3v) is 6.05. The molecule has 1 aromatic heterocycles. The van der Waals surface area contributed by atoms with Gasteiger partial charge < -0.3 is 10.1 Å². The lowest BCUT2D eigenvalue weighted by Crippen LogP contribution is -2.34. The number of para-hydroxylation sites is 1. The summed E-state index contributed by atoms with van der Waals surface area (Å²) in [6.07, 6.45) is 11.2. The normalized spacial score (nSPS) is 22.6. The number of benzene rings is 1. The van der Waals surface area contributed by atoms with Gasteiger partial charge in [0.1, 0.15) is 0 Å². The Bertz CT molecular complexity index is 845. The highest BCUT2D eigenvalue weighted by atomic mass is 16.4. The molecular formula is C23H29NO2. The van der Waals surface area contributed by atoms with Gasteiger partial charge in [-0.3, -0.25) is 4.79 Å². The van der Waals surface area contributed by atoms with Crippen LogP contribution in [0.25, 0.3) is 10.9 Å². The number of carboxylic acids is 1. The van der Waals surface area contributed by atoms with E-state index in [1.54, 1.807) is 0 Å². The lowest BCUT2D eigenvalue weighted by molar-refractivity contribution is -0.138. The summed E-state index contributed by atoms with van der Waals surface area (Å²) in [6, 6.07) is 6.41. The molecule has 1 aromatic carbocycles. The number of nitrogens with one attached hydrogen (secondary N) is 1. The van der Waals surface area contributed by atoms with E-state index in [2.05, 4.69) is 55.8 Å². The van der Waals surface area contributed by atoms with Crippen LogP contribution in [-0.2, 0) is 10.2 Å². The van der Waals surface area contributed by atoms with Gasteiger partial charge in [0.05, 0.1) is 6.42 Å². The fraction of sp³-hybridized carbons (Fsp3) is 0.435. The Morgan fingerprint density at radius 3 is 2.92 bits per heavy atom. The largest absolute Gasteiger partial charge is 0.481 e. The van der Waals surface area contributed by atoms with E-state index in [9.17, 15) is 9.90 Å². The van der Waals surface area contributed by atoms with Gasteiger partial charge >= 0.3 is 5.97 Å². The summed E-state index contributed by atoms with van der Waals surface area (Å²) >= 11 is 0. The van der Waals surface area contributed by atoms with Crippen molar-refractivity contribution in [2.75, 3.05) is 0 Å². The molecule has 3 nitrogen and oxygen atoms in total. The molecule has 0 bridgehead atoms. The minimum Gasteiger partial charge on any atom is -0.481 e. The van der Waals surface area contributed by atoms with Crippen LogP contribution in [0.15, 0.2) is 43.0 Å². The summed E-state index contributed by atoms with van der Waals surface area (Å²) in [7, 11) is 0. The summed E-state index contributed by atoms with van der Waals surface area (Å²) < 4.78 is 0. The second-order valence-electron chi connectivity index (χ2n) is 7.58. The van der Waals surface area contributed by atoms with Crippen LogP contribution in [0.2, 0.25) is 0 Å². The van der Waals surface area contributed by atoms with Gasteiger partial charge in [-0.15, -0.1) is 6.58 Å². The molecule has 0 aliphatic heterocycles. The van der Waals surface area contributed by atoms with Gasteiger partial charge in [0.25, 0.3) is 0 Å². The molecule has 3 rings (SSSR count). The van der Waals surface area contributed by atoms with Crippen molar-refractivity contribution in [2.24, 2.45) is 0 Å². The number of aromatic nitrogens is 1. The summed E-state index contributed by atoms with van der Waals surface area (Å²) in [6.45, 7) is 8.01. The number of aryl methyl sites for hydroxylation is 1. The Kier molecular flexibility index (Phi) is 5.36. The zero-order valence-electron chi connectivity index (χ0n) is 15.8. The van der Waals surface area contributed by atoms with Crippen LogP contribution in [0.5, 0.6) is 0 Å². The molecule has 1 aliphatic carbocycles. The van der Waals surface area contributed by atoms with Crippen LogP contribution < -0.4 is 0 Å². The maximum absolute atomic E-state index is 11.6. The minimum absolute atomic E-state index is 0.196. The number of aliphatic carboxylic acids is 1. The monoisotopic (exact) mass is 351 g/mol. The van der Waals surface area contributed by atoms with Crippen molar-refractivity contribution in [1.29, 1.82) is 0 Å². The second kappa shape index (κ2) is 7.53. The summed E-state index contributed by atoms with van der Waals surface area (Å²) in [5.74, 6) is -0.271. The first-order valence-corrected chi connectivity index (χ1v) is 9.61. The van der Waals surface area contributed by atoms with Gasteiger partial charge in [-0.25, -0.2) is 0 Å². The van der Waals surface area contributed by atoms with E-state index in [1.165, 1.54) is 27.7 Å². The predicted molar refractivity (Wildman–Crippen MR) is 108 cm³/mol. The second-order valence-corrected chi connectivity index (χ2v) is 7.58. The molecule has 0 fully saturated rings. The molecule has 0 amide bonds. The number of hydrogen-bond donors (Lipinski definition) is 2. The number of carboxylic acid groups (broad SMARTS) is 1. The Labute approximate surface area is 155 Å². The molecule has 2 atom stereocenters. The highest BCUT2D eigenvalue weighted by Gasteiger charge is 2.42. The fourth-order valence-corrected chi connectivity index (χ4v) is 4.58. The molecule has 0 spiro atoms. The van der Waals surface area contributed by atoms with Gasteiger partial charge in [-0.2, -0.15) is 0 Å². The third-order valence-electron chi connectivity index (χ3n) is 6.05. The van der Waals surface area contributed by atoms with Crippen LogP contribution in [-0.4, -0.2) is 16.1 Å². The average Bonchev–Trinajstić information content (AvgIpc) is 3.02. The first-order chi connectivity index (χ1) is 12.5. The third kappa shape index (κ3) is 3.23. The van der Waals surface area contributed by atoms with Gasteiger partial charge in [0, 0.05) is 22.0 Å². The molecule has 1 unspecified atom stereocenters. The summed E-state index contributed by atoms with van der Waals surface area (Å²) in [5, 5.41) is 10.8. The Morgan fingerprint density at radius 2 is 2.23 bits per heavy atom. The lowest BCUT2D eigenvalue weighted by Gasteiger charge is -2.39. The van der Waals surface area contributed by atoms with E-state index in [1.807, 2.05) is 6.08 Å². The number of aromatic amines is 1. The van der Waals surface area contributed by atoms with E-state index < -0.39 is 5.97 Å². The molecule has 0 radical (unpaired) electrons. The molecule has 138 valence electrons. The zero-order chi connectivity index (χ0) is 18.7. The first kappa shape index (κ1) is 18.5. The SMILES string of the molecule is C=CCC=CC[C@H]1CCC(CC)(CC(=O)O)c2[nH]c3c(C)cccc3c21. The standard InChI is InChI=1S/C23H29NO2/c1-4-6-7-8-11-17-13-14-23(5-2,15-19(25)26)22-20(17)18-12-9-10-16(3)21(18)24-22/h4,7-10,12,17,24H,1,5-6,11,13-15H2,2-3H3,(H,25,26)/t17-,23?/m0/s1. The molecule has 2 N–H and O–H groups in total. The molecule has 1 aliphatic rings. The van der Waals surface area contributed by atoms with Gasteiger partial charge in [-0.05, 0) is 56.1 Å². The zero-order valence-corrected chi connectivity index (χ0v) is 15.8. The molecule has 1 heterocycles. The van der Waals surface area contributed by atoms with Crippen LogP contribution in [0.3, 0.4) is 0 Å². The van der Waals surface area contributed by atoms with Crippen molar-refractivity contribution in [3.63, 3.8) is 0 Å². The van der Waals surface area contributed by atoms with Gasteiger partial charge in [0.2, 0.25) is 0 Å². The lowest BCUT2D eigenvalue weighted by atomic mass is 9.65. The quantitative estimate of drug-likeness (QED) is 0.601. The molecule has 26 heavy (non-hydrogen) atoms. The Balaban J connectivity index is 2.13. The number of allylic oxidation sites excluding steroid dienone is 3. The molecule has 2 aromatic rings. The van der Waals surface area contributed by atoms with Crippen molar-refractivity contribution >= 4 is 16.9 Å². The summed E-state index contributed by atoms with van der Waals surface area (Å²) in [4.78, 5) is 15.3. The summed E-state index contributed by atoms with van der Waals surface area (Å²) in [5.41, 5.74) is 4.62. The molecule has 0 saturated carbocycles. The van der Waals surface area contributed by atoms with Gasteiger partial charge in [0.15, 0.2) is 0 Å². The minimum atomic E-state index is -0.711. The highest BCUT2D eigenvalue weighted by molar-refractivity contribution is 5.89.